The number of anilines is 2. The van der Waals surface area contributed by atoms with E-state index in [-0.39, 0.29) is 12.1 Å². The van der Waals surface area contributed by atoms with Gasteiger partial charge in [-0.05, 0) is 19.8 Å². The molecule has 0 aromatic carbocycles. The predicted octanol–water partition coefficient (Wildman–Crippen LogP) is 0.420. The van der Waals surface area contributed by atoms with Crippen LogP contribution in [-0.4, -0.2) is 51.9 Å². The molecule has 1 amide bonds. The zero-order valence-electron chi connectivity index (χ0n) is 10.3. The van der Waals surface area contributed by atoms with Crippen molar-refractivity contribution in [2.75, 3.05) is 30.7 Å². The van der Waals surface area contributed by atoms with Gasteiger partial charge in [0.1, 0.15) is 0 Å². The Morgan fingerprint density at radius 1 is 1.61 bits per heavy atom. The molecule has 0 atom stereocenters. The molecule has 2 rings (SSSR count). The zero-order chi connectivity index (χ0) is 13.0. The molecule has 0 saturated carbocycles. The number of likely N-dealkylation sites (tertiary alicyclic amines) is 1. The number of carbonyl (C=O) groups excluding carboxylic acids is 1. The number of ether oxygens (including phenoxy) is 1. The van der Waals surface area contributed by atoms with Crippen LogP contribution >= 0.6 is 0 Å². The Labute approximate surface area is 105 Å². The lowest BCUT2D eigenvalue weighted by atomic mass is 10.1. The van der Waals surface area contributed by atoms with Gasteiger partial charge in [0, 0.05) is 19.1 Å². The molecule has 0 spiro atoms. The first kappa shape index (κ1) is 12.5. The van der Waals surface area contributed by atoms with Gasteiger partial charge in [-0.25, -0.2) is 9.89 Å². The van der Waals surface area contributed by atoms with Crippen LogP contribution in [0.4, 0.5) is 16.7 Å². The summed E-state index contributed by atoms with van der Waals surface area (Å²) in [5, 5.41) is 9.67. The Kier molecular flexibility index (Phi) is 3.85. The number of nitrogens with one attached hydrogen (secondary N) is 2. The maximum Gasteiger partial charge on any atom is 0.409 e. The van der Waals surface area contributed by atoms with Gasteiger partial charge in [-0.15, -0.1) is 5.10 Å². The highest BCUT2D eigenvalue weighted by atomic mass is 16.6. The monoisotopic (exact) mass is 254 g/mol. The highest BCUT2D eigenvalue weighted by Crippen LogP contribution is 2.15. The van der Waals surface area contributed by atoms with Crippen LogP contribution in [0.2, 0.25) is 0 Å². The summed E-state index contributed by atoms with van der Waals surface area (Å²) >= 11 is 0. The molecule has 100 valence electrons. The van der Waals surface area contributed by atoms with Gasteiger partial charge in [0.15, 0.2) is 0 Å². The molecule has 0 radical (unpaired) electrons. The van der Waals surface area contributed by atoms with Crippen molar-refractivity contribution in [3.63, 3.8) is 0 Å². The largest absolute Gasteiger partial charge is 0.450 e. The van der Waals surface area contributed by atoms with Crippen LogP contribution in [-0.2, 0) is 4.74 Å². The third-order valence-corrected chi connectivity index (χ3v) is 2.86. The minimum absolute atomic E-state index is 0.238. The van der Waals surface area contributed by atoms with Gasteiger partial charge in [-0.1, -0.05) is 0 Å². The second-order valence-corrected chi connectivity index (χ2v) is 4.15. The van der Waals surface area contributed by atoms with Gasteiger partial charge < -0.3 is 20.7 Å². The zero-order valence-corrected chi connectivity index (χ0v) is 10.3. The van der Waals surface area contributed by atoms with E-state index in [0.717, 1.165) is 12.8 Å². The number of piperidine rings is 1. The highest BCUT2D eigenvalue weighted by molar-refractivity contribution is 5.67. The molecule has 1 aromatic heterocycles. The summed E-state index contributed by atoms with van der Waals surface area (Å²) < 4.78 is 4.96. The van der Waals surface area contributed by atoms with Crippen LogP contribution in [0.5, 0.6) is 0 Å². The molecule has 0 unspecified atom stereocenters. The number of carbonyl (C=O) groups is 1. The van der Waals surface area contributed by atoms with Gasteiger partial charge in [0.25, 0.3) is 0 Å². The predicted molar refractivity (Wildman–Crippen MR) is 66.0 cm³/mol. The fraction of sp³-hybridized carbons (Fsp3) is 0.700. The summed E-state index contributed by atoms with van der Waals surface area (Å²) in [4.78, 5) is 17.2. The summed E-state index contributed by atoms with van der Waals surface area (Å²) in [6.45, 7) is 3.57. The lowest BCUT2D eigenvalue weighted by Crippen LogP contribution is -2.42. The van der Waals surface area contributed by atoms with Crippen LogP contribution in [0.1, 0.15) is 19.8 Å². The van der Waals surface area contributed by atoms with Gasteiger partial charge in [0.05, 0.1) is 6.61 Å². The fourth-order valence-corrected chi connectivity index (χ4v) is 1.94. The molecule has 0 bridgehead atoms. The normalized spacial score (nSPS) is 16.6. The van der Waals surface area contributed by atoms with Crippen LogP contribution in [0, 0.1) is 0 Å². The first-order chi connectivity index (χ1) is 8.69. The number of rotatable bonds is 3. The Hall–Kier alpha value is -1.99. The maximum absolute atomic E-state index is 11.5. The second kappa shape index (κ2) is 5.56. The number of nitrogens with zero attached hydrogens (tertiary/aromatic N) is 3. The Morgan fingerprint density at radius 3 is 2.89 bits per heavy atom. The third kappa shape index (κ3) is 3.02. The number of aromatic nitrogens is 3. The summed E-state index contributed by atoms with van der Waals surface area (Å²) in [7, 11) is 0. The SMILES string of the molecule is CCOC(=O)N1CCC(Nc2n[nH]c(N)n2)CC1. The van der Waals surface area contributed by atoms with E-state index >= 15 is 0 Å². The van der Waals surface area contributed by atoms with Crippen molar-refractivity contribution in [3.05, 3.63) is 0 Å². The highest BCUT2D eigenvalue weighted by Gasteiger charge is 2.23. The molecule has 1 aliphatic rings. The minimum atomic E-state index is -0.238. The molecular formula is C10H18N6O2. The molecule has 8 heteroatoms. The molecule has 0 aliphatic carbocycles. The van der Waals surface area contributed by atoms with Crippen molar-refractivity contribution in [1.29, 1.82) is 0 Å². The molecule has 2 heterocycles. The molecular weight excluding hydrogens is 236 g/mol. The van der Waals surface area contributed by atoms with Gasteiger partial charge in [-0.3, -0.25) is 0 Å². The average Bonchev–Trinajstić information content (AvgIpc) is 2.76. The minimum Gasteiger partial charge on any atom is -0.450 e. The Bertz CT molecular complexity index is 399. The molecule has 8 nitrogen and oxygen atoms in total. The topological polar surface area (TPSA) is 109 Å². The first-order valence-corrected chi connectivity index (χ1v) is 6.05. The number of hydrogen-bond acceptors (Lipinski definition) is 6. The summed E-state index contributed by atoms with van der Waals surface area (Å²) in [5.41, 5.74) is 5.44. The number of nitrogens with two attached hydrogens (primary N) is 1. The summed E-state index contributed by atoms with van der Waals surface area (Å²) in [6, 6.07) is 0.255. The van der Waals surface area contributed by atoms with Crippen LogP contribution in [0.25, 0.3) is 0 Å². The molecule has 1 aromatic rings. The van der Waals surface area contributed by atoms with Gasteiger partial charge in [-0.2, -0.15) is 4.98 Å². The number of H-pyrrole nitrogens is 1. The standard InChI is InChI=1S/C10H18N6O2/c1-2-18-10(17)16-5-3-7(4-6-16)12-9-13-8(11)14-15-9/h7H,2-6H2,1H3,(H4,11,12,13,14,15). The van der Waals surface area contributed by atoms with Crippen molar-refractivity contribution in [1.82, 2.24) is 20.1 Å². The van der Waals surface area contributed by atoms with E-state index in [2.05, 4.69) is 20.5 Å². The van der Waals surface area contributed by atoms with E-state index < -0.39 is 0 Å². The summed E-state index contributed by atoms with van der Waals surface area (Å²) in [6.07, 6.45) is 1.44. The van der Waals surface area contributed by atoms with Crippen LogP contribution in [0.15, 0.2) is 0 Å². The van der Waals surface area contributed by atoms with Crippen molar-refractivity contribution in [2.24, 2.45) is 0 Å². The first-order valence-electron chi connectivity index (χ1n) is 6.05. The molecule has 1 saturated heterocycles. The number of nitrogen functional groups attached to an aromatic ring is 1. The van der Waals surface area contributed by atoms with Crippen LogP contribution in [0.3, 0.4) is 0 Å². The van der Waals surface area contributed by atoms with E-state index in [9.17, 15) is 4.79 Å². The van der Waals surface area contributed by atoms with E-state index in [1.165, 1.54) is 0 Å². The third-order valence-electron chi connectivity index (χ3n) is 2.86. The van der Waals surface area contributed by atoms with Crippen molar-refractivity contribution in [2.45, 2.75) is 25.8 Å². The van der Waals surface area contributed by atoms with E-state index in [0.29, 0.717) is 31.6 Å². The molecule has 1 aliphatic heterocycles. The fourth-order valence-electron chi connectivity index (χ4n) is 1.94. The van der Waals surface area contributed by atoms with E-state index in [1.54, 1.807) is 11.8 Å². The Balaban J connectivity index is 1.78. The van der Waals surface area contributed by atoms with E-state index in [1.807, 2.05) is 0 Å². The molecule has 1 fully saturated rings. The van der Waals surface area contributed by atoms with Crippen molar-refractivity contribution in [3.8, 4) is 0 Å². The average molecular weight is 254 g/mol. The quantitative estimate of drug-likeness (QED) is 0.721. The van der Waals surface area contributed by atoms with Crippen LogP contribution < -0.4 is 11.1 Å². The number of aromatic amines is 1. The lowest BCUT2D eigenvalue weighted by Gasteiger charge is -2.31. The second-order valence-electron chi connectivity index (χ2n) is 4.15. The van der Waals surface area contributed by atoms with Gasteiger partial charge >= 0.3 is 6.09 Å². The molecule has 4 N–H and O–H groups in total. The Morgan fingerprint density at radius 2 is 2.33 bits per heavy atom. The number of amides is 1. The smallest absolute Gasteiger partial charge is 0.409 e. The molecule has 18 heavy (non-hydrogen) atoms. The lowest BCUT2D eigenvalue weighted by molar-refractivity contribution is 0.0983. The number of hydrogen-bond donors (Lipinski definition) is 3. The summed E-state index contributed by atoms with van der Waals surface area (Å²) in [5.74, 6) is 0.795. The maximum atomic E-state index is 11.5. The van der Waals surface area contributed by atoms with Crippen molar-refractivity contribution >= 4 is 18.0 Å². The van der Waals surface area contributed by atoms with E-state index in [4.69, 9.17) is 10.5 Å². The van der Waals surface area contributed by atoms with Gasteiger partial charge in [0.2, 0.25) is 11.9 Å². The van der Waals surface area contributed by atoms with Crippen molar-refractivity contribution < 1.29 is 9.53 Å².